The van der Waals surface area contributed by atoms with Crippen LogP contribution in [0, 0.1) is 0 Å². The standard InChI is InChI=1S/C55H103NO4/c1-3-5-7-9-11-13-15-17-19-21-22-23-24-25-26-27-28-29-30-31-32-33-34-36-38-40-42-44-46-48-50-54(59)55(60)56-52(51-57)53(58)49-47-45-43-41-39-37-35-20-18-16-14-12-10-8-6-4-2/h22-23,25-26,39,41,47,49,52-54,57-59H,3-21,24,27-38,40,42-46,48,50-51H2,1-2H3,(H,56,60)/b23-22-,26-25-,41-39+,49-47+. The minimum atomic E-state index is -1.11. The maximum atomic E-state index is 12.5. The van der Waals surface area contributed by atoms with Crippen molar-refractivity contribution < 1.29 is 20.1 Å². The summed E-state index contributed by atoms with van der Waals surface area (Å²) in [6, 6.07) is -0.815. The summed E-state index contributed by atoms with van der Waals surface area (Å²) in [5, 5.41) is 33.2. The van der Waals surface area contributed by atoms with E-state index in [0.29, 0.717) is 6.42 Å². The van der Waals surface area contributed by atoms with Crippen LogP contribution in [-0.2, 0) is 4.79 Å². The van der Waals surface area contributed by atoms with Crippen molar-refractivity contribution in [2.24, 2.45) is 0 Å². The number of hydrogen-bond acceptors (Lipinski definition) is 4. The number of carbonyl (C=O) groups excluding carboxylic acids is 1. The van der Waals surface area contributed by atoms with E-state index in [4.69, 9.17) is 0 Å². The van der Waals surface area contributed by atoms with Gasteiger partial charge in [-0.3, -0.25) is 4.79 Å². The summed E-state index contributed by atoms with van der Waals surface area (Å²) in [6.07, 6.45) is 66.1. The quantitative estimate of drug-likeness (QED) is 0.0363. The smallest absolute Gasteiger partial charge is 0.249 e. The van der Waals surface area contributed by atoms with Crippen molar-refractivity contribution in [1.29, 1.82) is 0 Å². The molecule has 0 saturated heterocycles. The van der Waals surface area contributed by atoms with E-state index in [2.05, 4.69) is 55.6 Å². The third-order valence-electron chi connectivity index (χ3n) is 12.1. The number of unbranched alkanes of at least 4 members (excludes halogenated alkanes) is 34. The van der Waals surface area contributed by atoms with Gasteiger partial charge in [0.15, 0.2) is 0 Å². The zero-order valence-corrected chi connectivity index (χ0v) is 40.1. The first kappa shape index (κ1) is 58.3. The molecule has 5 nitrogen and oxygen atoms in total. The van der Waals surface area contributed by atoms with Crippen LogP contribution in [0.25, 0.3) is 0 Å². The minimum absolute atomic E-state index is 0.376. The van der Waals surface area contributed by atoms with Crippen LogP contribution in [-0.4, -0.2) is 46.1 Å². The number of hydrogen-bond donors (Lipinski definition) is 4. The molecule has 60 heavy (non-hydrogen) atoms. The molecule has 1 amide bonds. The second-order valence-corrected chi connectivity index (χ2v) is 18.1. The summed E-state index contributed by atoms with van der Waals surface area (Å²) in [5.41, 5.74) is 0. The number of amides is 1. The topological polar surface area (TPSA) is 89.8 Å². The second kappa shape index (κ2) is 50.0. The van der Waals surface area contributed by atoms with E-state index in [0.717, 1.165) is 44.9 Å². The highest BCUT2D eigenvalue weighted by Gasteiger charge is 2.22. The molecular weight excluding hydrogens is 739 g/mol. The zero-order chi connectivity index (χ0) is 43.7. The predicted octanol–water partition coefficient (Wildman–Crippen LogP) is 16.1. The van der Waals surface area contributed by atoms with Crippen LogP contribution in [0.15, 0.2) is 48.6 Å². The van der Waals surface area contributed by atoms with Crippen molar-refractivity contribution in [2.45, 2.75) is 289 Å². The molecule has 0 rings (SSSR count). The van der Waals surface area contributed by atoms with Crippen molar-refractivity contribution in [2.75, 3.05) is 6.61 Å². The molecule has 0 radical (unpaired) electrons. The van der Waals surface area contributed by atoms with Gasteiger partial charge in [-0.05, 0) is 64.2 Å². The second-order valence-electron chi connectivity index (χ2n) is 18.1. The molecule has 352 valence electrons. The van der Waals surface area contributed by atoms with Gasteiger partial charge in [0.05, 0.1) is 18.8 Å². The first-order valence-corrected chi connectivity index (χ1v) is 26.5. The van der Waals surface area contributed by atoms with Crippen LogP contribution in [0.2, 0.25) is 0 Å². The average molecular weight is 842 g/mol. The number of nitrogens with one attached hydrogen (secondary N) is 1. The Morgan fingerprint density at radius 3 is 1.12 bits per heavy atom. The minimum Gasteiger partial charge on any atom is -0.394 e. The van der Waals surface area contributed by atoms with Gasteiger partial charge < -0.3 is 20.6 Å². The highest BCUT2D eigenvalue weighted by molar-refractivity contribution is 5.80. The Bertz CT molecular complexity index is 974. The summed E-state index contributed by atoms with van der Waals surface area (Å²) in [4.78, 5) is 12.5. The van der Waals surface area contributed by atoms with E-state index >= 15 is 0 Å². The zero-order valence-electron chi connectivity index (χ0n) is 40.1. The van der Waals surface area contributed by atoms with Gasteiger partial charge in [-0.15, -0.1) is 0 Å². The van der Waals surface area contributed by atoms with Gasteiger partial charge in [0.25, 0.3) is 0 Å². The highest BCUT2D eigenvalue weighted by Crippen LogP contribution is 2.16. The maximum Gasteiger partial charge on any atom is 0.249 e. The molecule has 0 fully saturated rings. The van der Waals surface area contributed by atoms with Crippen molar-refractivity contribution in [3.05, 3.63) is 48.6 Å². The summed E-state index contributed by atoms with van der Waals surface area (Å²) in [7, 11) is 0. The third kappa shape index (κ3) is 44.4. The lowest BCUT2D eigenvalue weighted by Crippen LogP contribution is -2.48. The molecule has 4 N–H and O–H groups in total. The van der Waals surface area contributed by atoms with Crippen LogP contribution < -0.4 is 5.32 Å². The molecule has 5 heteroatoms. The maximum absolute atomic E-state index is 12.5. The van der Waals surface area contributed by atoms with Crippen LogP contribution in [0.4, 0.5) is 0 Å². The van der Waals surface area contributed by atoms with E-state index in [1.165, 1.54) is 205 Å². The molecule has 0 aliphatic heterocycles. The predicted molar refractivity (Wildman–Crippen MR) is 264 cm³/mol. The summed E-state index contributed by atoms with van der Waals surface area (Å²) >= 11 is 0. The number of aliphatic hydroxyl groups is 3. The van der Waals surface area contributed by atoms with Crippen molar-refractivity contribution in [1.82, 2.24) is 5.32 Å². The van der Waals surface area contributed by atoms with Crippen LogP contribution in [0.5, 0.6) is 0 Å². The number of aliphatic hydroxyl groups excluding tert-OH is 3. The van der Waals surface area contributed by atoms with E-state index in [-0.39, 0.29) is 6.61 Å². The Labute approximate surface area is 374 Å². The third-order valence-corrected chi connectivity index (χ3v) is 12.1. The number of allylic oxidation sites excluding steroid dienone is 7. The molecular formula is C55H103NO4. The van der Waals surface area contributed by atoms with Crippen LogP contribution in [0.1, 0.15) is 271 Å². The molecule has 0 saturated carbocycles. The van der Waals surface area contributed by atoms with Gasteiger partial charge in [-0.2, -0.15) is 0 Å². The Morgan fingerprint density at radius 2 is 0.733 bits per heavy atom. The Hall–Kier alpha value is -1.69. The van der Waals surface area contributed by atoms with Gasteiger partial charge in [0.1, 0.15) is 6.10 Å². The van der Waals surface area contributed by atoms with Crippen molar-refractivity contribution >= 4 is 5.91 Å². The molecule has 0 aromatic carbocycles. The monoisotopic (exact) mass is 842 g/mol. The fraction of sp³-hybridized carbons (Fsp3) is 0.836. The SMILES string of the molecule is CCCCCCCCCCC/C=C\C/C=C\CCCCCCCCCCCCCCCCC(O)C(=O)NC(CO)C(O)/C=C/CC/C=C/CCCCCCCCCCCC. The lowest BCUT2D eigenvalue weighted by Gasteiger charge is -2.21. The molecule has 0 aliphatic rings. The van der Waals surface area contributed by atoms with Gasteiger partial charge in [0.2, 0.25) is 5.91 Å². The van der Waals surface area contributed by atoms with Gasteiger partial charge in [0, 0.05) is 0 Å². The summed E-state index contributed by atoms with van der Waals surface area (Å²) in [6.45, 7) is 4.18. The molecule has 0 aromatic rings. The Kier molecular flexibility index (Phi) is 48.6. The average Bonchev–Trinajstić information content (AvgIpc) is 3.25. The molecule has 0 aromatic heterocycles. The molecule has 3 atom stereocenters. The Balaban J connectivity index is 3.60. The number of carbonyl (C=O) groups is 1. The van der Waals surface area contributed by atoms with Gasteiger partial charge in [-0.1, -0.05) is 255 Å². The lowest BCUT2D eigenvalue weighted by atomic mass is 10.0. The van der Waals surface area contributed by atoms with Gasteiger partial charge in [-0.25, -0.2) is 0 Å². The fourth-order valence-electron chi connectivity index (χ4n) is 8.00. The van der Waals surface area contributed by atoms with E-state index in [1.807, 2.05) is 6.08 Å². The summed E-state index contributed by atoms with van der Waals surface area (Å²) in [5.74, 6) is -0.512. The molecule has 0 heterocycles. The molecule has 0 bridgehead atoms. The van der Waals surface area contributed by atoms with E-state index in [1.54, 1.807) is 6.08 Å². The normalized spacial score (nSPS) is 13.8. The summed E-state index contributed by atoms with van der Waals surface area (Å²) < 4.78 is 0. The van der Waals surface area contributed by atoms with E-state index < -0.39 is 24.2 Å². The van der Waals surface area contributed by atoms with Crippen LogP contribution >= 0.6 is 0 Å². The lowest BCUT2D eigenvalue weighted by molar-refractivity contribution is -0.131. The molecule has 0 spiro atoms. The fourth-order valence-corrected chi connectivity index (χ4v) is 8.00. The number of rotatable bonds is 48. The Morgan fingerprint density at radius 1 is 0.417 bits per heavy atom. The first-order chi connectivity index (χ1) is 29.6. The van der Waals surface area contributed by atoms with Crippen molar-refractivity contribution in [3.63, 3.8) is 0 Å². The van der Waals surface area contributed by atoms with Crippen molar-refractivity contribution in [3.8, 4) is 0 Å². The molecule has 0 aliphatic carbocycles. The van der Waals surface area contributed by atoms with Gasteiger partial charge >= 0.3 is 0 Å². The van der Waals surface area contributed by atoms with E-state index in [9.17, 15) is 20.1 Å². The van der Waals surface area contributed by atoms with Crippen LogP contribution in [0.3, 0.4) is 0 Å². The highest BCUT2D eigenvalue weighted by atomic mass is 16.3. The first-order valence-electron chi connectivity index (χ1n) is 26.5. The largest absolute Gasteiger partial charge is 0.394 e. The molecule has 3 unspecified atom stereocenters.